The predicted octanol–water partition coefficient (Wildman–Crippen LogP) is 5.78. The van der Waals surface area contributed by atoms with Crippen molar-refractivity contribution in [2.75, 3.05) is 0 Å². The van der Waals surface area contributed by atoms with Crippen LogP contribution in [0.25, 0.3) is 11.1 Å². The quantitative estimate of drug-likeness (QED) is 0.658. The van der Waals surface area contributed by atoms with Crippen molar-refractivity contribution in [2.24, 2.45) is 5.92 Å². The Morgan fingerprint density at radius 2 is 1.60 bits per heavy atom. The smallest absolute Gasteiger partial charge is 0.0181 e. The maximum absolute atomic E-state index is 2.42. The zero-order valence-corrected chi connectivity index (χ0v) is 12.4. The summed E-state index contributed by atoms with van der Waals surface area (Å²) in [4.78, 5) is 0. The molecule has 0 N–H and O–H groups in total. The molecule has 0 nitrogen and oxygen atoms in total. The van der Waals surface area contributed by atoms with Crippen molar-refractivity contribution in [3.63, 3.8) is 0 Å². The van der Waals surface area contributed by atoms with E-state index >= 15 is 0 Å². The van der Waals surface area contributed by atoms with Crippen molar-refractivity contribution in [2.45, 2.75) is 45.4 Å². The summed E-state index contributed by atoms with van der Waals surface area (Å²) in [6.45, 7) is 2.26. The highest BCUT2D eigenvalue weighted by Gasteiger charge is 2.15. The van der Waals surface area contributed by atoms with Crippen LogP contribution in [0.5, 0.6) is 0 Å². The van der Waals surface area contributed by atoms with Crippen LogP contribution in [0.2, 0.25) is 0 Å². The van der Waals surface area contributed by atoms with E-state index in [-0.39, 0.29) is 0 Å². The lowest BCUT2D eigenvalue weighted by Crippen LogP contribution is -2.10. The van der Waals surface area contributed by atoms with Gasteiger partial charge in [0.2, 0.25) is 0 Å². The van der Waals surface area contributed by atoms with Crippen LogP contribution in [-0.2, 0) is 6.42 Å². The highest BCUT2D eigenvalue weighted by atomic mass is 14.2. The average molecular weight is 264 g/mol. The second-order valence-corrected chi connectivity index (χ2v) is 6.22. The van der Waals surface area contributed by atoms with Crippen LogP contribution in [-0.4, -0.2) is 0 Å². The maximum Gasteiger partial charge on any atom is -0.0181 e. The van der Waals surface area contributed by atoms with Crippen molar-refractivity contribution in [3.05, 3.63) is 59.7 Å². The lowest BCUT2D eigenvalue weighted by molar-refractivity contribution is 0.356. The Bertz CT molecular complexity index is 548. The molecule has 1 fully saturated rings. The fourth-order valence-corrected chi connectivity index (χ4v) is 3.40. The van der Waals surface area contributed by atoms with Gasteiger partial charge in [-0.1, -0.05) is 80.6 Å². The standard InChI is InChI=1S/C20H24/c1-16-12-13-19(18-10-6-3-7-11-18)15-20(16)14-17-8-4-2-5-9-17/h3,6-7,10-13,15,17H,2,4-5,8-9,14H2,1H3. The molecule has 0 atom stereocenters. The molecule has 0 aliphatic heterocycles. The maximum atomic E-state index is 2.42. The zero-order valence-electron chi connectivity index (χ0n) is 12.4. The summed E-state index contributed by atoms with van der Waals surface area (Å²) in [6, 6.07) is 17.7. The number of benzene rings is 2. The molecule has 3 rings (SSSR count). The summed E-state index contributed by atoms with van der Waals surface area (Å²) in [5.41, 5.74) is 5.70. The van der Waals surface area contributed by atoms with Gasteiger partial charge in [-0.2, -0.15) is 0 Å². The molecule has 0 spiro atoms. The Kier molecular flexibility index (Phi) is 4.20. The summed E-state index contributed by atoms with van der Waals surface area (Å²) in [7, 11) is 0. The van der Waals surface area contributed by atoms with E-state index in [0.717, 1.165) is 5.92 Å². The van der Waals surface area contributed by atoms with Gasteiger partial charge in [-0.05, 0) is 41.5 Å². The van der Waals surface area contributed by atoms with E-state index in [1.165, 1.54) is 55.2 Å². The molecule has 0 amide bonds. The van der Waals surface area contributed by atoms with E-state index in [1.807, 2.05) is 0 Å². The second-order valence-electron chi connectivity index (χ2n) is 6.22. The van der Waals surface area contributed by atoms with E-state index in [9.17, 15) is 0 Å². The SMILES string of the molecule is Cc1ccc(-c2ccccc2)cc1CC1CCCCC1. The van der Waals surface area contributed by atoms with Crippen molar-refractivity contribution in [1.29, 1.82) is 0 Å². The van der Waals surface area contributed by atoms with E-state index in [0.29, 0.717) is 0 Å². The van der Waals surface area contributed by atoms with Crippen LogP contribution in [0.4, 0.5) is 0 Å². The number of hydrogen-bond acceptors (Lipinski definition) is 0. The molecule has 2 aromatic rings. The monoisotopic (exact) mass is 264 g/mol. The Labute approximate surface area is 122 Å². The molecule has 104 valence electrons. The van der Waals surface area contributed by atoms with Crippen LogP contribution in [0, 0.1) is 12.8 Å². The molecule has 0 saturated heterocycles. The lowest BCUT2D eigenvalue weighted by atomic mass is 9.83. The minimum atomic E-state index is 0.911. The minimum absolute atomic E-state index is 0.911. The largest absolute Gasteiger partial charge is 0.0622 e. The first-order valence-electron chi connectivity index (χ1n) is 7.98. The summed E-state index contributed by atoms with van der Waals surface area (Å²) in [5.74, 6) is 0.911. The van der Waals surface area contributed by atoms with Gasteiger partial charge in [-0.25, -0.2) is 0 Å². The van der Waals surface area contributed by atoms with Gasteiger partial charge in [0.25, 0.3) is 0 Å². The summed E-state index contributed by atoms with van der Waals surface area (Å²) < 4.78 is 0. The van der Waals surface area contributed by atoms with Crippen LogP contribution >= 0.6 is 0 Å². The van der Waals surface area contributed by atoms with Crippen molar-refractivity contribution in [3.8, 4) is 11.1 Å². The Balaban J connectivity index is 1.83. The number of rotatable bonds is 3. The molecule has 0 aromatic heterocycles. The Hall–Kier alpha value is -1.56. The first-order chi connectivity index (χ1) is 9.83. The Morgan fingerprint density at radius 1 is 0.850 bits per heavy atom. The molecule has 20 heavy (non-hydrogen) atoms. The number of aryl methyl sites for hydroxylation is 1. The molecular weight excluding hydrogens is 240 g/mol. The van der Waals surface area contributed by atoms with Gasteiger partial charge >= 0.3 is 0 Å². The normalized spacial score (nSPS) is 16.2. The van der Waals surface area contributed by atoms with Gasteiger partial charge in [-0.3, -0.25) is 0 Å². The van der Waals surface area contributed by atoms with Crippen LogP contribution < -0.4 is 0 Å². The number of hydrogen-bond donors (Lipinski definition) is 0. The van der Waals surface area contributed by atoms with E-state index in [2.05, 4.69) is 55.5 Å². The molecule has 0 heterocycles. The third-order valence-electron chi connectivity index (χ3n) is 4.69. The van der Waals surface area contributed by atoms with E-state index < -0.39 is 0 Å². The van der Waals surface area contributed by atoms with Crippen molar-refractivity contribution in [1.82, 2.24) is 0 Å². The third-order valence-corrected chi connectivity index (χ3v) is 4.69. The van der Waals surface area contributed by atoms with Gasteiger partial charge in [0.15, 0.2) is 0 Å². The topological polar surface area (TPSA) is 0 Å². The zero-order chi connectivity index (χ0) is 13.8. The Morgan fingerprint density at radius 3 is 2.35 bits per heavy atom. The highest BCUT2D eigenvalue weighted by molar-refractivity contribution is 5.64. The summed E-state index contributed by atoms with van der Waals surface area (Å²) in [6.07, 6.45) is 8.43. The molecule has 0 radical (unpaired) electrons. The van der Waals surface area contributed by atoms with Crippen LogP contribution in [0.15, 0.2) is 48.5 Å². The fourth-order valence-electron chi connectivity index (χ4n) is 3.40. The fraction of sp³-hybridized carbons (Fsp3) is 0.400. The van der Waals surface area contributed by atoms with Gasteiger partial charge in [0, 0.05) is 0 Å². The van der Waals surface area contributed by atoms with E-state index in [4.69, 9.17) is 0 Å². The summed E-state index contributed by atoms with van der Waals surface area (Å²) >= 11 is 0. The van der Waals surface area contributed by atoms with Crippen molar-refractivity contribution < 1.29 is 0 Å². The molecule has 1 saturated carbocycles. The predicted molar refractivity (Wildman–Crippen MR) is 86.9 cm³/mol. The van der Waals surface area contributed by atoms with Gasteiger partial charge < -0.3 is 0 Å². The van der Waals surface area contributed by atoms with Gasteiger partial charge in [0.05, 0.1) is 0 Å². The first kappa shape index (κ1) is 13.4. The van der Waals surface area contributed by atoms with Gasteiger partial charge in [-0.15, -0.1) is 0 Å². The second kappa shape index (κ2) is 6.26. The molecule has 0 heteroatoms. The minimum Gasteiger partial charge on any atom is -0.0622 e. The first-order valence-corrected chi connectivity index (χ1v) is 7.98. The molecule has 0 bridgehead atoms. The molecule has 1 aliphatic rings. The van der Waals surface area contributed by atoms with Crippen LogP contribution in [0.3, 0.4) is 0 Å². The highest BCUT2D eigenvalue weighted by Crippen LogP contribution is 2.29. The molecular formula is C20H24. The molecule has 1 aliphatic carbocycles. The molecule has 2 aromatic carbocycles. The lowest BCUT2D eigenvalue weighted by Gasteiger charge is -2.22. The third kappa shape index (κ3) is 3.12. The molecule has 0 unspecified atom stereocenters. The van der Waals surface area contributed by atoms with Gasteiger partial charge in [0.1, 0.15) is 0 Å². The van der Waals surface area contributed by atoms with Crippen LogP contribution in [0.1, 0.15) is 43.2 Å². The van der Waals surface area contributed by atoms with E-state index in [1.54, 1.807) is 5.56 Å². The van der Waals surface area contributed by atoms with Crippen molar-refractivity contribution >= 4 is 0 Å². The average Bonchev–Trinajstić information content (AvgIpc) is 2.51. The summed E-state index contributed by atoms with van der Waals surface area (Å²) in [5, 5.41) is 0.